The maximum Gasteiger partial charge on any atom is 0.243 e. The van der Waals surface area contributed by atoms with E-state index in [4.69, 9.17) is 23.2 Å². The highest BCUT2D eigenvalue weighted by Crippen LogP contribution is 2.26. The second-order valence-corrected chi connectivity index (χ2v) is 7.77. The van der Waals surface area contributed by atoms with Gasteiger partial charge in [-0.2, -0.15) is 4.31 Å². The topological polar surface area (TPSA) is 40.6 Å². The SMILES string of the molecule is CN(C)C1CCN(S(=O)(=O)c2ccc(Cl)c(CCl)c2)C1. The van der Waals surface area contributed by atoms with Crippen LogP contribution >= 0.6 is 23.2 Å². The van der Waals surface area contributed by atoms with Crippen molar-refractivity contribution >= 4 is 33.2 Å². The molecule has 0 bridgehead atoms. The minimum absolute atomic E-state index is 0.197. The molecule has 1 saturated heterocycles. The molecule has 4 nitrogen and oxygen atoms in total. The van der Waals surface area contributed by atoms with Crippen molar-refractivity contribution in [2.75, 3.05) is 27.2 Å². The van der Waals surface area contributed by atoms with Crippen LogP contribution in [0.3, 0.4) is 0 Å². The summed E-state index contributed by atoms with van der Waals surface area (Å²) in [6, 6.07) is 4.96. The predicted octanol–water partition coefficient (Wildman–Crippen LogP) is 2.40. The quantitative estimate of drug-likeness (QED) is 0.792. The molecular formula is C13H18Cl2N2O2S. The zero-order valence-corrected chi connectivity index (χ0v) is 13.8. The van der Waals surface area contributed by atoms with Crippen molar-refractivity contribution in [2.45, 2.75) is 23.2 Å². The second kappa shape index (κ2) is 6.20. The lowest BCUT2D eigenvalue weighted by molar-refractivity contribution is 0.302. The molecule has 2 rings (SSSR count). The summed E-state index contributed by atoms with van der Waals surface area (Å²) in [6.07, 6.45) is 0.849. The van der Waals surface area contributed by atoms with E-state index in [0.29, 0.717) is 23.7 Å². The van der Waals surface area contributed by atoms with Crippen LogP contribution in [0.5, 0.6) is 0 Å². The van der Waals surface area contributed by atoms with Crippen molar-refractivity contribution in [3.05, 3.63) is 28.8 Å². The normalized spacial score (nSPS) is 20.8. The molecule has 0 aliphatic carbocycles. The van der Waals surface area contributed by atoms with Crippen LogP contribution in [-0.4, -0.2) is 50.8 Å². The molecule has 1 aliphatic rings. The number of benzene rings is 1. The van der Waals surface area contributed by atoms with Crippen molar-refractivity contribution in [1.82, 2.24) is 9.21 Å². The molecule has 7 heteroatoms. The Morgan fingerprint density at radius 1 is 1.40 bits per heavy atom. The summed E-state index contributed by atoms with van der Waals surface area (Å²) >= 11 is 11.8. The fourth-order valence-corrected chi connectivity index (χ4v) is 4.33. The van der Waals surface area contributed by atoms with Gasteiger partial charge < -0.3 is 4.90 Å². The van der Waals surface area contributed by atoms with E-state index in [1.165, 1.54) is 10.4 Å². The van der Waals surface area contributed by atoms with Gasteiger partial charge in [-0.15, -0.1) is 11.6 Å². The maximum absolute atomic E-state index is 12.6. The van der Waals surface area contributed by atoms with Crippen LogP contribution in [0.2, 0.25) is 5.02 Å². The summed E-state index contributed by atoms with van der Waals surface area (Å²) in [4.78, 5) is 2.32. The molecule has 20 heavy (non-hydrogen) atoms. The summed E-state index contributed by atoms with van der Waals surface area (Å²) in [7, 11) is 0.469. The van der Waals surface area contributed by atoms with E-state index in [1.54, 1.807) is 12.1 Å². The largest absolute Gasteiger partial charge is 0.305 e. The predicted molar refractivity (Wildman–Crippen MR) is 81.9 cm³/mol. The monoisotopic (exact) mass is 336 g/mol. The summed E-state index contributed by atoms with van der Waals surface area (Å²) < 4.78 is 26.7. The highest BCUT2D eigenvalue weighted by molar-refractivity contribution is 7.89. The molecule has 1 unspecified atom stereocenters. The van der Waals surface area contributed by atoms with Gasteiger partial charge in [0.2, 0.25) is 10.0 Å². The van der Waals surface area contributed by atoms with Crippen LogP contribution in [0.15, 0.2) is 23.1 Å². The van der Waals surface area contributed by atoms with Crippen LogP contribution in [-0.2, 0) is 15.9 Å². The highest BCUT2D eigenvalue weighted by Gasteiger charge is 2.33. The molecule has 0 aromatic heterocycles. The summed E-state index contributed by atoms with van der Waals surface area (Å²) in [6.45, 7) is 1.07. The lowest BCUT2D eigenvalue weighted by Crippen LogP contribution is -2.34. The van der Waals surface area contributed by atoms with E-state index in [0.717, 1.165) is 6.42 Å². The number of sulfonamides is 1. The smallest absolute Gasteiger partial charge is 0.243 e. The first-order valence-corrected chi connectivity index (χ1v) is 8.72. The maximum atomic E-state index is 12.6. The molecule has 0 spiro atoms. The average molecular weight is 337 g/mol. The number of hydrogen-bond acceptors (Lipinski definition) is 3. The number of hydrogen-bond donors (Lipinski definition) is 0. The first kappa shape index (κ1) is 16.0. The standard InChI is InChI=1S/C13H18Cl2N2O2S/c1-16(2)11-5-6-17(9-11)20(18,19)12-3-4-13(15)10(7-12)8-14/h3-4,7,11H,5-6,8-9H2,1-2H3. The van der Waals surface area contributed by atoms with Gasteiger partial charge in [-0.25, -0.2) is 8.42 Å². The van der Waals surface area contributed by atoms with Crippen molar-refractivity contribution in [2.24, 2.45) is 0 Å². The molecule has 0 saturated carbocycles. The van der Waals surface area contributed by atoms with Gasteiger partial charge in [0.1, 0.15) is 0 Å². The minimum Gasteiger partial charge on any atom is -0.305 e. The highest BCUT2D eigenvalue weighted by atomic mass is 35.5. The zero-order valence-electron chi connectivity index (χ0n) is 11.5. The minimum atomic E-state index is -3.47. The Hall–Kier alpha value is -0.330. The first-order chi connectivity index (χ1) is 9.36. The molecule has 0 amide bonds. The molecule has 1 aromatic rings. The molecule has 112 valence electrons. The van der Waals surface area contributed by atoms with E-state index in [-0.39, 0.29) is 16.8 Å². The van der Waals surface area contributed by atoms with Gasteiger partial charge in [-0.05, 0) is 44.3 Å². The van der Waals surface area contributed by atoms with Crippen molar-refractivity contribution in [3.8, 4) is 0 Å². The van der Waals surface area contributed by atoms with Gasteiger partial charge in [0, 0.05) is 30.0 Å². The van der Waals surface area contributed by atoms with Crippen molar-refractivity contribution in [1.29, 1.82) is 0 Å². The van der Waals surface area contributed by atoms with Crippen molar-refractivity contribution in [3.63, 3.8) is 0 Å². The van der Waals surface area contributed by atoms with E-state index >= 15 is 0 Å². The zero-order chi connectivity index (χ0) is 14.9. The lowest BCUT2D eigenvalue weighted by Gasteiger charge is -2.20. The van der Waals surface area contributed by atoms with E-state index in [9.17, 15) is 8.42 Å². The molecule has 1 heterocycles. The number of likely N-dealkylation sites (N-methyl/N-ethyl adjacent to an activating group) is 1. The Balaban J connectivity index is 2.27. The fourth-order valence-electron chi connectivity index (χ4n) is 2.31. The third-order valence-corrected chi connectivity index (χ3v) is 6.17. The third kappa shape index (κ3) is 3.12. The van der Waals surface area contributed by atoms with Crippen molar-refractivity contribution < 1.29 is 8.42 Å². The average Bonchev–Trinajstić information content (AvgIpc) is 2.89. The number of halogens is 2. The van der Waals surface area contributed by atoms with Gasteiger partial charge in [-0.1, -0.05) is 11.6 Å². The van der Waals surface area contributed by atoms with Crippen LogP contribution in [0.25, 0.3) is 0 Å². The Labute approximate surface area is 130 Å². The Kier molecular flexibility index (Phi) is 4.97. The second-order valence-electron chi connectivity index (χ2n) is 5.16. The molecule has 0 radical (unpaired) electrons. The molecular weight excluding hydrogens is 319 g/mol. The Bertz CT molecular complexity index is 590. The number of nitrogens with zero attached hydrogens (tertiary/aromatic N) is 2. The summed E-state index contributed by atoms with van der Waals surface area (Å²) in [5.74, 6) is 0.197. The van der Waals surface area contributed by atoms with Crippen LogP contribution in [0, 0.1) is 0 Å². The number of alkyl halides is 1. The fraction of sp³-hybridized carbons (Fsp3) is 0.538. The van der Waals surface area contributed by atoms with Gasteiger partial charge in [0.25, 0.3) is 0 Å². The molecule has 1 fully saturated rings. The number of rotatable bonds is 4. The van der Waals surface area contributed by atoms with E-state index < -0.39 is 10.0 Å². The van der Waals surface area contributed by atoms with Crippen LogP contribution < -0.4 is 0 Å². The Morgan fingerprint density at radius 2 is 2.10 bits per heavy atom. The Morgan fingerprint density at radius 3 is 2.65 bits per heavy atom. The van der Waals surface area contributed by atoms with Gasteiger partial charge in [0.05, 0.1) is 4.90 Å². The molecule has 1 atom stereocenters. The first-order valence-electron chi connectivity index (χ1n) is 6.37. The summed E-state index contributed by atoms with van der Waals surface area (Å²) in [5, 5.41) is 0.492. The van der Waals surface area contributed by atoms with E-state index in [1.807, 2.05) is 14.1 Å². The summed E-state index contributed by atoms with van der Waals surface area (Å²) in [5.41, 5.74) is 0.637. The van der Waals surface area contributed by atoms with Gasteiger partial charge in [0.15, 0.2) is 0 Å². The molecule has 0 N–H and O–H groups in total. The molecule has 1 aromatic carbocycles. The van der Waals surface area contributed by atoms with Gasteiger partial charge >= 0.3 is 0 Å². The van der Waals surface area contributed by atoms with E-state index in [2.05, 4.69) is 4.90 Å². The third-order valence-electron chi connectivity index (χ3n) is 3.66. The van der Waals surface area contributed by atoms with Crippen LogP contribution in [0.4, 0.5) is 0 Å². The van der Waals surface area contributed by atoms with Gasteiger partial charge in [-0.3, -0.25) is 0 Å². The lowest BCUT2D eigenvalue weighted by atomic mass is 10.2. The molecule has 1 aliphatic heterocycles. The van der Waals surface area contributed by atoms with Crippen LogP contribution in [0.1, 0.15) is 12.0 Å².